The maximum absolute atomic E-state index is 14.1. The molecule has 9 heteroatoms. The van der Waals surface area contributed by atoms with Crippen LogP contribution in [-0.4, -0.2) is 33.7 Å². The lowest BCUT2D eigenvalue weighted by Gasteiger charge is -2.12. The lowest BCUT2D eigenvalue weighted by Crippen LogP contribution is -2.03. The molecule has 2 heterocycles. The van der Waals surface area contributed by atoms with Gasteiger partial charge in [-0.2, -0.15) is 14.4 Å². The Labute approximate surface area is 148 Å². The number of ether oxygens (including phenoxy) is 2. The number of hydrogen-bond acceptors (Lipinski definition) is 6. The number of anilines is 2. The number of imidazole rings is 1. The summed E-state index contributed by atoms with van der Waals surface area (Å²) in [5.74, 6) is -0.0764. The fourth-order valence-corrected chi connectivity index (χ4v) is 2.60. The van der Waals surface area contributed by atoms with Crippen LogP contribution < -0.4 is 14.8 Å². The molecular weight excluding hydrogens is 349 g/mol. The Morgan fingerprint density at radius 2 is 1.80 bits per heavy atom. The van der Waals surface area contributed by atoms with Crippen molar-refractivity contribution >= 4 is 34.3 Å². The van der Waals surface area contributed by atoms with Gasteiger partial charge >= 0.3 is 0 Å². The minimum atomic E-state index is -0.578. The number of fused-ring (bicyclic) bond motifs is 1. The number of halogens is 2. The molecule has 0 aliphatic carbocycles. The highest BCUT2D eigenvalue weighted by molar-refractivity contribution is 6.28. The van der Waals surface area contributed by atoms with Crippen LogP contribution in [-0.2, 0) is 0 Å². The summed E-state index contributed by atoms with van der Waals surface area (Å²) in [7, 11) is 2.76. The average Bonchev–Trinajstić information content (AvgIpc) is 3.00. The Bertz CT molecular complexity index is 903. The zero-order valence-corrected chi connectivity index (χ0v) is 14.9. The van der Waals surface area contributed by atoms with E-state index in [4.69, 9.17) is 21.1 Å². The number of hydrogen-bond donors (Lipinski definition) is 1. The molecule has 1 N–H and O–H groups in total. The van der Waals surface area contributed by atoms with Crippen LogP contribution in [0.1, 0.15) is 19.9 Å². The van der Waals surface area contributed by atoms with Crippen molar-refractivity contribution in [3.8, 4) is 11.5 Å². The third kappa shape index (κ3) is 3.17. The second-order valence-electron chi connectivity index (χ2n) is 5.58. The number of rotatable bonds is 5. The molecule has 0 atom stereocenters. The molecule has 0 saturated heterocycles. The maximum Gasteiger partial charge on any atom is 0.226 e. The van der Waals surface area contributed by atoms with E-state index < -0.39 is 5.82 Å². The average molecular weight is 366 g/mol. The molecule has 7 nitrogen and oxygen atoms in total. The predicted molar refractivity (Wildman–Crippen MR) is 93.5 cm³/mol. The molecule has 2 aromatic heterocycles. The molecule has 0 bridgehead atoms. The molecule has 0 spiro atoms. The molecule has 0 fully saturated rings. The molecule has 1 aromatic carbocycles. The van der Waals surface area contributed by atoms with Gasteiger partial charge < -0.3 is 19.4 Å². The van der Waals surface area contributed by atoms with E-state index in [1.165, 1.54) is 26.4 Å². The van der Waals surface area contributed by atoms with Crippen molar-refractivity contribution in [2.45, 2.75) is 19.9 Å². The molecule has 0 radical (unpaired) electrons. The molecule has 3 rings (SSSR count). The molecule has 0 aliphatic heterocycles. The summed E-state index contributed by atoms with van der Waals surface area (Å²) in [5, 5.41) is 3.16. The van der Waals surface area contributed by atoms with Gasteiger partial charge in [-0.25, -0.2) is 4.98 Å². The molecule has 3 aromatic rings. The first-order valence-corrected chi connectivity index (χ1v) is 7.91. The van der Waals surface area contributed by atoms with E-state index in [1.807, 2.05) is 18.4 Å². The summed E-state index contributed by atoms with van der Waals surface area (Å²) in [6.45, 7) is 4.03. The quantitative estimate of drug-likeness (QED) is 0.690. The van der Waals surface area contributed by atoms with Crippen LogP contribution in [0.4, 0.5) is 15.9 Å². The van der Waals surface area contributed by atoms with Crippen molar-refractivity contribution in [1.29, 1.82) is 0 Å². The molecule has 0 saturated carbocycles. The Hall–Kier alpha value is -2.61. The fraction of sp³-hybridized carbons (Fsp3) is 0.312. The summed E-state index contributed by atoms with van der Waals surface area (Å²) in [6, 6.07) is 3.16. The van der Waals surface area contributed by atoms with Gasteiger partial charge in [0.2, 0.25) is 11.1 Å². The predicted octanol–water partition coefficient (Wildman–Crippen LogP) is 3.96. The number of nitrogens with one attached hydrogen (secondary N) is 1. The molecule has 25 heavy (non-hydrogen) atoms. The zero-order chi connectivity index (χ0) is 18.1. The van der Waals surface area contributed by atoms with Gasteiger partial charge in [-0.05, 0) is 25.4 Å². The van der Waals surface area contributed by atoms with E-state index in [2.05, 4.69) is 20.3 Å². The van der Waals surface area contributed by atoms with Crippen LogP contribution in [0, 0.1) is 5.82 Å². The maximum atomic E-state index is 14.1. The zero-order valence-electron chi connectivity index (χ0n) is 14.2. The van der Waals surface area contributed by atoms with Crippen LogP contribution in [0.3, 0.4) is 0 Å². The van der Waals surface area contributed by atoms with Crippen LogP contribution in [0.25, 0.3) is 11.2 Å². The Balaban J connectivity index is 2.09. The van der Waals surface area contributed by atoms with Crippen molar-refractivity contribution in [2.24, 2.45) is 0 Å². The first-order chi connectivity index (χ1) is 11.9. The number of aromatic nitrogens is 4. The van der Waals surface area contributed by atoms with E-state index in [0.29, 0.717) is 22.7 Å². The molecular formula is C16H17ClFN5O2. The highest BCUT2D eigenvalue weighted by Crippen LogP contribution is 2.33. The Kier molecular flexibility index (Phi) is 4.63. The van der Waals surface area contributed by atoms with E-state index in [-0.39, 0.29) is 22.8 Å². The molecule has 0 aliphatic rings. The third-order valence-corrected chi connectivity index (χ3v) is 3.83. The highest BCUT2D eigenvalue weighted by atomic mass is 35.5. The largest absolute Gasteiger partial charge is 0.493 e. The van der Waals surface area contributed by atoms with Crippen LogP contribution in [0.15, 0.2) is 18.5 Å². The van der Waals surface area contributed by atoms with Crippen molar-refractivity contribution in [3.05, 3.63) is 29.6 Å². The summed E-state index contributed by atoms with van der Waals surface area (Å²) >= 11 is 6.05. The first-order valence-electron chi connectivity index (χ1n) is 7.53. The van der Waals surface area contributed by atoms with Gasteiger partial charge in [0.05, 0.1) is 20.5 Å². The SMILES string of the molecule is COc1cc(Nc2nc(Cl)nc3c2ncn3C(C)C)cc(OC)c1F. The monoisotopic (exact) mass is 365 g/mol. The number of nitrogens with zero attached hydrogens (tertiary/aromatic N) is 4. The van der Waals surface area contributed by atoms with Crippen molar-refractivity contribution in [2.75, 3.05) is 19.5 Å². The van der Waals surface area contributed by atoms with Crippen molar-refractivity contribution in [1.82, 2.24) is 19.5 Å². The number of methoxy groups -OCH3 is 2. The van der Waals surface area contributed by atoms with Crippen LogP contribution in [0.5, 0.6) is 11.5 Å². The first kappa shape index (κ1) is 17.2. The topological polar surface area (TPSA) is 74.1 Å². The Morgan fingerprint density at radius 1 is 1.16 bits per heavy atom. The van der Waals surface area contributed by atoms with E-state index in [9.17, 15) is 4.39 Å². The van der Waals surface area contributed by atoms with E-state index >= 15 is 0 Å². The lowest BCUT2D eigenvalue weighted by atomic mass is 10.2. The van der Waals surface area contributed by atoms with Crippen LogP contribution in [0.2, 0.25) is 5.28 Å². The summed E-state index contributed by atoms with van der Waals surface area (Å²) in [6.07, 6.45) is 1.68. The smallest absolute Gasteiger partial charge is 0.226 e. The molecule has 0 unspecified atom stereocenters. The fourth-order valence-electron chi connectivity index (χ4n) is 2.43. The highest BCUT2D eigenvalue weighted by Gasteiger charge is 2.17. The van der Waals surface area contributed by atoms with Crippen LogP contribution >= 0.6 is 11.6 Å². The summed E-state index contributed by atoms with van der Waals surface area (Å²) in [5.41, 5.74) is 1.68. The molecule has 0 amide bonds. The third-order valence-electron chi connectivity index (χ3n) is 3.66. The van der Waals surface area contributed by atoms with Gasteiger partial charge in [0.25, 0.3) is 0 Å². The van der Waals surface area contributed by atoms with Crippen molar-refractivity contribution < 1.29 is 13.9 Å². The second kappa shape index (κ2) is 6.72. The summed E-state index contributed by atoms with van der Waals surface area (Å²) in [4.78, 5) is 12.8. The second-order valence-corrected chi connectivity index (χ2v) is 5.92. The summed E-state index contributed by atoms with van der Waals surface area (Å²) < 4.78 is 26.0. The lowest BCUT2D eigenvalue weighted by molar-refractivity contribution is 0.351. The van der Waals surface area contributed by atoms with Gasteiger partial charge in [0.15, 0.2) is 28.5 Å². The minimum absolute atomic E-state index is 0.0472. The van der Waals surface area contributed by atoms with Gasteiger partial charge in [0.1, 0.15) is 0 Å². The van der Waals surface area contributed by atoms with Gasteiger partial charge in [-0.15, -0.1) is 0 Å². The standard InChI is InChI=1S/C16H17ClFN5O2/c1-8(2)23-7-19-13-14(21-16(17)22-15(13)23)20-9-5-10(24-3)12(18)11(6-9)25-4/h5-8H,1-4H3,(H,20,21,22). The van der Waals surface area contributed by atoms with Gasteiger partial charge in [0, 0.05) is 23.9 Å². The van der Waals surface area contributed by atoms with Gasteiger partial charge in [-0.3, -0.25) is 0 Å². The molecule has 132 valence electrons. The van der Waals surface area contributed by atoms with Gasteiger partial charge in [-0.1, -0.05) is 0 Å². The van der Waals surface area contributed by atoms with E-state index in [0.717, 1.165) is 0 Å². The normalized spacial score (nSPS) is 11.2. The van der Waals surface area contributed by atoms with E-state index in [1.54, 1.807) is 6.33 Å². The van der Waals surface area contributed by atoms with Crippen molar-refractivity contribution in [3.63, 3.8) is 0 Å². The number of benzene rings is 1. The minimum Gasteiger partial charge on any atom is -0.493 e. The Morgan fingerprint density at radius 3 is 2.36 bits per heavy atom.